The van der Waals surface area contributed by atoms with Crippen molar-refractivity contribution >= 4 is 29.9 Å². The van der Waals surface area contributed by atoms with Crippen molar-refractivity contribution in [3.63, 3.8) is 0 Å². The van der Waals surface area contributed by atoms with Crippen molar-refractivity contribution in [2.24, 2.45) is 25.0 Å². The van der Waals surface area contributed by atoms with Gasteiger partial charge in [-0.3, -0.25) is 4.68 Å². The lowest BCUT2D eigenvalue weighted by atomic mass is 10.0. The minimum atomic E-state index is 0. The third-order valence-electron chi connectivity index (χ3n) is 6.07. The summed E-state index contributed by atoms with van der Waals surface area (Å²) in [7, 11) is 3.96. The average molecular weight is 548 g/mol. The van der Waals surface area contributed by atoms with Gasteiger partial charge in [0, 0.05) is 33.4 Å². The summed E-state index contributed by atoms with van der Waals surface area (Å²) < 4.78 is 3.87. The fourth-order valence-corrected chi connectivity index (χ4v) is 4.09. The van der Waals surface area contributed by atoms with Gasteiger partial charge < -0.3 is 14.8 Å². The van der Waals surface area contributed by atoms with E-state index in [-0.39, 0.29) is 30.0 Å². The molecule has 2 atom stereocenters. The normalized spacial score (nSPS) is 17.3. The highest BCUT2D eigenvalue weighted by Crippen LogP contribution is 2.22. The minimum Gasteiger partial charge on any atom is -0.350 e. The van der Waals surface area contributed by atoms with Crippen LogP contribution in [0.4, 0.5) is 0 Å². The molecule has 1 aliphatic heterocycles. The quantitative estimate of drug-likeness (QED) is 0.291. The van der Waals surface area contributed by atoms with Gasteiger partial charge in [0.15, 0.2) is 11.8 Å². The van der Waals surface area contributed by atoms with E-state index in [1.54, 1.807) is 0 Å². The van der Waals surface area contributed by atoms with Gasteiger partial charge in [0.1, 0.15) is 12.4 Å². The second-order valence-electron chi connectivity index (χ2n) is 8.47. The first kappa shape index (κ1) is 24.2. The molecule has 1 aromatic carbocycles. The van der Waals surface area contributed by atoms with Gasteiger partial charge in [-0.15, -0.1) is 34.2 Å². The predicted molar refractivity (Wildman–Crippen MR) is 137 cm³/mol. The highest BCUT2D eigenvalue weighted by Gasteiger charge is 2.26. The van der Waals surface area contributed by atoms with E-state index in [1.165, 1.54) is 11.1 Å². The Kier molecular flexibility index (Phi) is 8.27. The molecule has 4 rings (SSSR count). The van der Waals surface area contributed by atoms with E-state index >= 15 is 0 Å². The van der Waals surface area contributed by atoms with E-state index in [0.717, 1.165) is 43.5 Å². The number of benzene rings is 1. The summed E-state index contributed by atoms with van der Waals surface area (Å²) in [6, 6.07) is 10.7. The molecule has 1 aliphatic rings. The summed E-state index contributed by atoms with van der Waals surface area (Å²) in [6.45, 7) is 6.63. The van der Waals surface area contributed by atoms with Gasteiger partial charge in [-0.05, 0) is 43.7 Å². The second kappa shape index (κ2) is 10.9. The Labute approximate surface area is 207 Å². The van der Waals surface area contributed by atoms with E-state index in [2.05, 4.69) is 62.9 Å². The summed E-state index contributed by atoms with van der Waals surface area (Å²) >= 11 is 0. The topological polar surface area (TPSA) is 76.2 Å². The van der Waals surface area contributed by atoms with Crippen LogP contribution in [0.5, 0.6) is 0 Å². The van der Waals surface area contributed by atoms with E-state index in [9.17, 15) is 0 Å². The van der Waals surface area contributed by atoms with Crippen LogP contribution >= 0.6 is 24.0 Å². The lowest BCUT2D eigenvalue weighted by molar-refractivity contribution is 0.449. The third kappa shape index (κ3) is 5.87. The zero-order valence-corrected chi connectivity index (χ0v) is 21.6. The molecule has 1 fully saturated rings. The summed E-state index contributed by atoms with van der Waals surface area (Å²) in [5.74, 6) is 3.30. The van der Waals surface area contributed by atoms with Gasteiger partial charge in [0.25, 0.3) is 0 Å². The predicted octanol–water partition coefficient (Wildman–Crippen LogP) is 3.25. The molecule has 3 heterocycles. The van der Waals surface area contributed by atoms with Crippen LogP contribution in [0, 0.1) is 12.8 Å². The SMILES string of the molecule is Cc1nnc(CN=C(NC(C)c2ccccc2)N2CCC(Cc3cnn(C)c3)C2)n1C.I. The molecule has 2 aromatic heterocycles. The Balaban J connectivity index is 0.00000289. The van der Waals surface area contributed by atoms with Crippen molar-refractivity contribution in [1.29, 1.82) is 0 Å². The Hall–Kier alpha value is -2.43. The molecule has 172 valence electrons. The van der Waals surface area contributed by atoms with Crippen molar-refractivity contribution in [2.75, 3.05) is 13.1 Å². The molecule has 0 saturated carbocycles. The molecule has 1 N–H and O–H groups in total. The van der Waals surface area contributed by atoms with Gasteiger partial charge in [-0.1, -0.05) is 30.3 Å². The monoisotopic (exact) mass is 548 g/mol. The van der Waals surface area contributed by atoms with E-state index < -0.39 is 0 Å². The summed E-state index contributed by atoms with van der Waals surface area (Å²) in [5.41, 5.74) is 2.55. The van der Waals surface area contributed by atoms with E-state index in [1.807, 2.05) is 42.5 Å². The lowest BCUT2D eigenvalue weighted by Gasteiger charge is -2.25. The second-order valence-corrected chi connectivity index (χ2v) is 8.47. The molecule has 0 spiro atoms. The number of aliphatic imine (C=N–C) groups is 1. The molecular formula is C23H33IN8. The minimum absolute atomic E-state index is 0. The van der Waals surface area contributed by atoms with Gasteiger partial charge >= 0.3 is 0 Å². The molecule has 1 saturated heterocycles. The number of aryl methyl sites for hydroxylation is 2. The summed E-state index contributed by atoms with van der Waals surface area (Å²) in [6.07, 6.45) is 6.29. The first-order valence-electron chi connectivity index (χ1n) is 10.9. The van der Waals surface area contributed by atoms with Crippen LogP contribution in [0.15, 0.2) is 47.7 Å². The average Bonchev–Trinajstić information content (AvgIpc) is 3.48. The number of likely N-dealkylation sites (tertiary alicyclic amines) is 1. The summed E-state index contributed by atoms with van der Waals surface area (Å²) in [4.78, 5) is 7.33. The Morgan fingerprint density at radius 1 is 1.22 bits per heavy atom. The fourth-order valence-electron chi connectivity index (χ4n) is 4.09. The molecule has 0 amide bonds. The van der Waals surface area contributed by atoms with Gasteiger partial charge in [0.2, 0.25) is 0 Å². The van der Waals surface area contributed by atoms with Crippen LogP contribution in [0.3, 0.4) is 0 Å². The van der Waals surface area contributed by atoms with Gasteiger partial charge in [-0.25, -0.2) is 4.99 Å². The summed E-state index contributed by atoms with van der Waals surface area (Å²) in [5, 5.41) is 16.4. The maximum absolute atomic E-state index is 4.95. The molecule has 9 heteroatoms. The molecule has 32 heavy (non-hydrogen) atoms. The van der Waals surface area contributed by atoms with Crippen molar-refractivity contribution in [3.8, 4) is 0 Å². The molecule has 0 radical (unpaired) electrons. The Morgan fingerprint density at radius 2 is 2.00 bits per heavy atom. The first-order chi connectivity index (χ1) is 15.0. The Bertz CT molecular complexity index is 1030. The number of aromatic nitrogens is 5. The van der Waals surface area contributed by atoms with Crippen LogP contribution in [0.2, 0.25) is 0 Å². The zero-order chi connectivity index (χ0) is 21.8. The number of hydrogen-bond donors (Lipinski definition) is 1. The fraction of sp³-hybridized carbons (Fsp3) is 0.478. The number of rotatable bonds is 6. The van der Waals surface area contributed by atoms with Crippen LogP contribution in [-0.2, 0) is 27.1 Å². The van der Waals surface area contributed by atoms with E-state index in [4.69, 9.17) is 4.99 Å². The van der Waals surface area contributed by atoms with Crippen LogP contribution < -0.4 is 5.32 Å². The molecule has 2 unspecified atom stereocenters. The number of guanidine groups is 1. The smallest absolute Gasteiger partial charge is 0.194 e. The van der Waals surface area contributed by atoms with E-state index in [0.29, 0.717) is 12.5 Å². The number of hydrogen-bond acceptors (Lipinski definition) is 4. The molecule has 0 bridgehead atoms. The van der Waals surface area contributed by atoms with Crippen LogP contribution in [-0.4, -0.2) is 48.5 Å². The van der Waals surface area contributed by atoms with Crippen molar-refractivity contribution in [1.82, 2.24) is 34.8 Å². The standard InChI is InChI=1S/C23H32N8.HI/c1-17(21-8-6-5-7-9-21)26-23(24-14-22-28-27-18(2)30(22)4)31-11-10-19(16-31)12-20-13-25-29(3)15-20;/h5-9,13,15,17,19H,10-12,14,16H2,1-4H3,(H,24,26);1H. The van der Waals surface area contributed by atoms with Gasteiger partial charge in [0.05, 0.1) is 12.2 Å². The number of nitrogens with zero attached hydrogens (tertiary/aromatic N) is 7. The number of halogens is 1. The maximum Gasteiger partial charge on any atom is 0.194 e. The van der Waals surface area contributed by atoms with Crippen LogP contribution in [0.1, 0.15) is 42.2 Å². The highest BCUT2D eigenvalue weighted by molar-refractivity contribution is 14.0. The maximum atomic E-state index is 4.95. The Morgan fingerprint density at radius 3 is 2.66 bits per heavy atom. The molecule has 8 nitrogen and oxygen atoms in total. The zero-order valence-electron chi connectivity index (χ0n) is 19.3. The van der Waals surface area contributed by atoms with Crippen LogP contribution in [0.25, 0.3) is 0 Å². The number of nitrogens with one attached hydrogen (secondary N) is 1. The molecule has 0 aliphatic carbocycles. The molecular weight excluding hydrogens is 515 g/mol. The highest BCUT2D eigenvalue weighted by atomic mass is 127. The van der Waals surface area contributed by atoms with Gasteiger partial charge in [-0.2, -0.15) is 5.10 Å². The first-order valence-corrected chi connectivity index (χ1v) is 10.9. The molecule has 3 aromatic rings. The largest absolute Gasteiger partial charge is 0.350 e. The van der Waals surface area contributed by atoms with Crippen molar-refractivity contribution in [3.05, 3.63) is 65.5 Å². The lowest BCUT2D eigenvalue weighted by Crippen LogP contribution is -2.41. The van der Waals surface area contributed by atoms with Crippen molar-refractivity contribution in [2.45, 2.75) is 39.3 Å². The third-order valence-corrected chi connectivity index (χ3v) is 6.07. The van der Waals surface area contributed by atoms with Crippen molar-refractivity contribution < 1.29 is 0 Å².